The number of nitrogens with zero attached hydrogens (tertiary/aromatic N) is 1. The van der Waals surface area contributed by atoms with Crippen LogP contribution in [0.4, 0.5) is 0 Å². The number of benzene rings is 1. The van der Waals surface area contributed by atoms with Gasteiger partial charge < -0.3 is 4.57 Å². The van der Waals surface area contributed by atoms with Gasteiger partial charge in [0, 0.05) is 17.2 Å². The predicted octanol–water partition coefficient (Wildman–Crippen LogP) is 1.83. The summed E-state index contributed by atoms with van der Waals surface area (Å²) >= 11 is 0. The average molecular weight is 195 g/mol. The van der Waals surface area contributed by atoms with E-state index in [0.717, 1.165) is 6.42 Å². The molecule has 0 unspecified atom stereocenters. The molecule has 0 N–H and O–H groups in total. The third-order valence-corrected chi connectivity index (χ3v) is 2.86. The van der Waals surface area contributed by atoms with Crippen LogP contribution in [0.3, 0.4) is 0 Å². The van der Waals surface area contributed by atoms with Crippen molar-refractivity contribution in [2.24, 2.45) is 0 Å². The van der Waals surface area contributed by atoms with Crippen LogP contribution >= 0.6 is 0 Å². The van der Waals surface area contributed by atoms with Gasteiger partial charge >= 0.3 is 0 Å². The van der Waals surface area contributed by atoms with Gasteiger partial charge in [-0.15, -0.1) is 0 Å². The Hall–Kier alpha value is -1.76. The number of rotatable bonds is 1. The van der Waals surface area contributed by atoms with Gasteiger partial charge in [0.05, 0.1) is 0 Å². The molecule has 1 aliphatic rings. The van der Waals surface area contributed by atoms with E-state index in [-0.39, 0.29) is 0 Å². The zero-order chi connectivity index (χ0) is 10.1. The topological polar surface area (TPSA) is 4.93 Å². The van der Waals surface area contributed by atoms with Gasteiger partial charge in [0.15, 0.2) is 0 Å². The Morgan fingerprint density at radius 2 is 1.67 bits per heavy atom. The zero-order valence-corrected chi connectivity index (χ0v) is 8.56. The minimum absolute atomic E-state index is 1.16. The van der Waals surface area contributed by atoms with Crippen molar-refractivity contribution in [3.63, 3.8) is 0 Å². The number of aromatic nitrogens is 1. The molecule has 0 spiro atoms. The van der Waals surface area contributed by atoms with E-state index in [4.69, 9.17) is 0 Å². The lowest BCUT2D eigenvalue weighted by atomic mass is 10.2. The van der Waals surface area contributed by atoms with Crippen molar-refractivity contribution in [2.75, 3.05) is 0 Å². The molecular formula is C14H13N. The molecule has 0 amide bonds. The summed E-state index contributed by atoms with van der Waals surface area (Å²) in [5, 5.41) is 2.71. The fourth-order valence-electron chi connectivity index (χ4n) is 2.12. The monoisotopic (exact) mass is 195 g/mol. The molecule has 1 heteroatoms. The van der Waals surface area contributed by atoms with Crippen LogP contribution in [-0.2, 0) is 0 Å². The first-order valence-corrected chi connectivity index (χ1v) is 5.38. The summed E-state index contributed by atoms with van der Waals surface area (Å²) in [7, 11) is 0. The van der Waals surface area contributed by atoms with E-state index in [0.29, 0.717) is 0 Å². The first-order valence-electron chi connectivity index (χ1n) is 5.38. The Bertz CT molecular complexity index is 576. The molecular weight excluding hydrogens is 182 g/mol. The van der Waals surface area contributed by atoms with E-state index in [2.05, 4.69) is 59.3 Å². The summed E-state index contributed by atoms with van der Waals surface area (Å²) in [5.41, 5.74) is 1.24. The van der Waals surface area contributed by atoms with E-state index >= 15 is 0 Å². The Morgan fingerprint density at radius 1 is 0.867 bits per heavy atom. The van der Waals surface area contributed by atoms with Crippen molar-refractivity contribution >= 4 is 12.2 Å². The van der Waals surface area contributed by atoms with Crippen LogP contribution in [0.5, 0.6) is 0 Å². The number of fused-ring (bicyclic) bond motifs is 1. The minimum atomic E-state index is 1.16. The van der Waals surface area contributed by atoms with Crippen molar-refractivity contribution in [1.29, 1.82) is 0 Å². The van der Waals surface area contributed by atoms with Crippen LogP contribution in [0.2, 0.25) is 0 Å². The van der Waals surface area contributed by atoms with Gasteiger partial charge in [-0.05, 0) is 36.3 Å². The van der Waals surface area contributed by atoms with Crippen LogP contribution in [0.1, 0.15) is 12.8 Å². The molecule has 1 aromatic carbocycles. The normalized spacial score (nSPS) is 13.9. The summed E-state index contributed by atoms with van der Waals surface area (Å²) in [4.78, 5) is 0. The van der Waals surface area contributed by atoms with Gasteiger partial charge in [0.2, 0.25) is 0 Å². The van der Waals surface area contributed by atoms with Crippen molar-refractivity contribution in [3.8, 4) is 5.69 Å². The first-order chi connectivity index (χ1) is 7.45. The molecule has 15 heavy (non-hydrogen) atoms. The molecule has 1 aliphatic carbocycles. The number of hydrogen-bond donors (Lipinski definition) is 0. The van der Waals surface area contributed by atoms with Gasteiger partial charge in [0.25, 0.3) is 0 Å². The molecule has 3 rings (SSSR count). The average Bonchev–Trinajstić information content (AvgIpc) is 2.74. The number of para-hydroxylation sites is 1. The summed E-state index contributed by atoms with van der Waals surface area (Å²) < 4.78 is 2.25. The van der Waals surface area contributed by atoms with Gasteiger partial charge in [-0.3, -0.25) is 0 Å². The van der Waals surface area contributed by atoms with Crippen LogP contribution in [0.25, 0.3) is 17.8 Å². The molecule has 0 atom stereocenters. The van der Waals surface area contributed by atoms with Crippen molar-refractivity contribution in [1.82, 2.24) is 4.57 Å². The maximum Gasteiger partial charge on any atom is 0.0485 e. The Kier molecular flexibility index (Phi) is 1.95. The minimum Gasteiger partial charge on any atom is -0.317 e. The Morgan fingerprint density at radius 3 is 2.53 bits per heavy atom. The maximum atomic E-state index is 2.32. The van der Waals surface area contributed by atoms with E-state index in [1.165, 1.54) is 22.7 Å². The summed E-state index contributed by atoms with van der Waals surface area (Å²) in [6.45, 7) is 0. The standard InChI is InChI=1S/C14H13N/c1-2-7-13(8-3-1)15-11-10-12-6-4-5-9-14(12)15/h1-3,6-11H,4-5H2. The van der Waals surface area contributed by atoms with Crippen molar-refractivity contribution in [3.05, 3.63) is 53.2 Å². The highest BCUT2D eigenvalue weighted by molar-refractivity contribution is 5.41. The first kappa shape index (κ1) is 8.54. The van der Waals surface area contributed by atoms with Gasteiger partial charge in [-0.2, -0.15) is 0 Å². The Balaban J connectivity index is 2.28. The molecule has 0 saturated carbocycles. The summed E-state index contributed by atoms with van der Waals surface area (Å²) in [6, 6.07) is 12.7. The van der Waals surface area contributed by atoms with Crippen LogP contribution in [0.15, 0.2) is 42.6 Å². The zero-order valence-electron chi connectivity index (χ0n) is 8.56. The highest BCUT2D eigenvalue weighted by Crippen LogP contribution is 2.04. The SMILES string of the molecule is C1=c2ccn(-c3ccccc3)c2=CCC1. The van der Waals surface area contributed by atoms with E-state index in [9.17, 15) is 0 Å². The maximum absolute atomic E-state index is 2.32. The van der Waals surface area contributed by atoms with Crippen molar-refractivity contribution in [2.45, 2.75) is 12.8 Å². The third-order valence-electron chi connectivity index (χ3n) is 2.86. The fraction of sp³-hybridized carbons (Fsp3) is 0.143. The highest BCUT2D eigenvalue weighted by atomic mass is 15.0. The summed E-state index contributed by atoms with van der Waals surface area (Å²) in [5.74, 6) is 0. The van der Waals surface area contributed by atoms with E-state index < -0.39 is 0 Å². The molecule has 0 bridgehead atoms. The van der Waals surface area contributed by atoms with Gasteiger partial charge in [0.1, 0.15) is 0 Å². The van der Waals surface area contributed by atoms with E-state index in [1.54, 1.807) is 0 Å². The van der Waals surface area contributed by atoms with E-state index in [1.807, 2.05) is 0 Å². The molecule has 0 radical (unpaired) electrons. The molecule has 1 nitrogen and oxygen atoms in total. The molecule has 1 heterocycles. The van der Waals surface area contributed by atoms with Crippen LogP contribution < -0.4 is 10.6 Å². The van der Waals surface area contributed by atoms with Gasteiger partial charge in [-0.1, -0.05) is 30.4 Å². The lowest BCUT2D eigenvalue weighted by molar-refractivity contribution is 0.998. The molecule has 74 valence electrons. The molecule has 0 aliphatic heterocycles. The molecule has 0 fully saturated rings. The second kappa shape index (κ2) is 3.43. The fourth-order valence-corrected chi connectivity index (χ4v) is 2.12. The highest BCUT2D eigenvalue weighted by Gasteiger charge is 2.00. The largest absolute Gasteiger partial charge is 0.317 e. The third kappa shape index (κ3) is 1.40. The smallest absolute Gasteiger partial charge is 0.0485 e. The quantitative estimate of drug-likeness (QED) is 0.654. The molecule has 2 aromatic rings. The lowest BCUT2D eigenvalue weighted by Gasteiger charge is -2.04. The van der Waals surface area contributed by atoms with Crippen LogP contribution in [0, 0.1) is 0 Å². The molecule has 1 aromatic heterocycles. The lowest BCUT2D eigenvalue weighted by Crippen LogP contribution is -2.29. The number of hydrogen-bond acceptors (Lipinski definition) is 0. The second-order valence-electron chi connectivity index (χ2n) is 3.85. The van der Waals surface area contributed by atoms with Crippen molar-refractivity contribution < 1.29 is 0 Å². The van der Waals surface area contributed by atoms with Crippen LogP contribution in [-0.4, -0.2) is 4.57 Å². The predicted molar refractivity (Wildman–Crippen MR) is 63.2 cm³/mol. The molecule has 0 saturated heterocycles. The Labute approximate surface area is 89.0 Å². The second-order valence-corrected chi connectivity index (χ2v) is 3.85. The summed E-state index contributed by atoms with van der Waals surface area (Å²) in [6.07, 6.45) is 9.12. The van der Waals surface area contributed by atoms with Gasteiger partial charge in [-0.25, -0.2) is 0 Å².